The van der Waals surface area contributed by atoms with Crippen LogP contribution in [0.15, 0.2) is 33.9 Å². The normalized spacial score (nSPS) is 20.6. The molecule has 0 bridgehead atoms. The molecular formula is C20H24F3N5. The van der Waals surface area contributed by atoms with E-state index in [1.165, 1.54) is 12.1 Å². The van der Waals surface area contributed by atoms with Gasteiger partial charge in [-0.3, -0.25) is 0 Å². The maximum Gasteiger partial charge on any atom is 0.416 e. The largest absolute Gasteiger partial charge is 0.416 e. The van der Waals surface area contributed by atoms with Crippen molar-refractivity contribution in [3.05, 3.63) is 34.9 Å². The Morgan fingerprint density at radius 2 is 1.82 bits per heavy atom. The van der Waals surface area contributed by atoms with E-state index in [-0.39, 0.29) is 0 Å². The van der Waals surface area contributed by atoms with Gasteiger partial charge >= 0.3 is 6.18 Å². The number of benzene rings is 1. The summed E-state index contributed by atoms with van der Waals surface area (Å²) in [5.41, 5.74) is 3.24. The lowest BCUT2D eigenvalue weighted by Gasteiger charge is -2.41. The van der Waals surface area contributed by atoms with Crippen LogP contribution in [-0.4, -0.2) is 59.7 Å². The molecule has 8 heteroatoms. The second-order valence-corrected chi connectivity index (χ2v) is 7.56. The topological polar surface area (TPSA) is 34.4 Å². The molecule has 1 fully saturated rings. The van der Waals surface area contributed by atoms with Gasteiger partial charge in [-0.15, -0.1) is 0 Å². The van der Waals surface area contributed by atoms with E-state index in [0.717, 1.165) is 55.6 Å². The molecule has 3 heterocycles. The first-order chi connectivity index (χ1) is 13.3. The average molecular weight is 391 g/mol. The summed E-state index contributed by atoms with van der Waals surface area (Å²) in [5.74, 6) is 0.709. The van der Waals surface area contributed by atoms with Crippen molar-refractivity contribution in [3.63, 3.8) is 0 Å². The Labute approximate surface area is 162 Å². The Balaban J connectivity index is 1.87. The van der Waals surface area contributed by atoms with Crippen LogP contribution in [0.1, 0.15) is 37.8 Å². The molecular weight excluding hydrogens is 367 g/mol. The first kappa shape index (κ1) is 19.0. The monoisotopic (exact) mass is 391 g/mol. The van der Waals surface area contributed by atoms with Crippen LogP contribution in [0.25, 0.3) is 5.70 Å². The summed E-state index contributed by atoms with van der Waals surface area (Å²) in [4.78, 5) is 9.18. The maximum absolute atomic E-state index is 13.3. The maximum atomic E-state index is 13.3. The van der Waals surface area contributed by atoms with E-state index >= 15 is 0 Å². The molecule has 0 atom stereocenters. The highest BCUT2D eigenvalue weighted by atomic mass is 19.4. The molecule has 1 saturated heterocycles. The molecule has 28 heavy (non-hydrogen) atoms. The zero-order valence-electron chi connectivity index (χ0n) is 16.3. The van der Waals surface area contributed by atoms with Gasteiger partial charge in [0, 0.05) is 43.9 Å². The molecule has 0 aromatic heterocycles. The Morgan fingerprint density at radius 3 is 2.46 bits per heavy atom. The third-order valence-electron chi connectivity index (χ3n) is 5.49. The van der Waals surface area contributed by atoms with Crippen LogP contribution in [0.2, 0.25) is 0 Å². The Kier molecular flexibility index (Phi) is 4.69. The number of halogens is 3. The molecule has 0 N–H and O–H groups in total. The van der Waals surface area contributed by atoms with Gasteiger partial charge in [0.1, 0.15) is 0 Å². The second kappa shape index (κ2) is 6.92. The van der Waals surface area contributed by atoms with Crippen LogP contribution in [0, 0.1) is 0 Å². The summed E-state index contributed by atoms with van der Waals surface area (Å²) in [6.45, 7) is 7.43. The lowest BCUT2D eigenvalue weighted by molar-refractivity contribution is -0.137. The molecule has 3 aliphatic rings. The van der Waals surface area contributed by atoms with Crippen molar-refractivity contribution in [2.75, 3.05) is 33.2 Å². The van der Waals surface area contributed by atoms with Gasteiger partial charge in [0.25, 0.3) is 0 Å². The van der Waals surface area contributed by atoms with Crippen molar-refractivity contribution in [2.45, 2.75) is 32.9 Å². The van der Waals surface area contributed by atoms with Gasteiger partial charge in [-0.25, -0.2) is 4.99 Å². The molecule has 150 valence electrons. The van der Waals surface area contributed by atoms with Crippen molar-refractivity contribution >= 4 is 23.1 Å². The van der Waals surface area contributed by atoms with Gasteiger partial charge in [-0.05, 0) is 44.2 Å². The molecule has 0 saturated carbocycles. The van der Waals surface area contributed by atoms with Crippen LogP contribution in [-0.2, 0) is 6.18 Å². The minimum atomic E-state index is -4.39. The zero-order valence-corrected chi connectivity index (χ0v) is 16.3. The quantitative estimate of drug-likeness (QED) is 0.721. The fourth-order valence-electron chi connectivity index (χ4n) is 3.91. The van der Waals surface area contributed by atoms with Gasteiger partial charge in [0.2, 0.25) is 5.96 Å². The lowest BCUT2D eigenvalue weighted by Crippen LogP contribution is -2.52. The highest BCUT2D eigenvalue weighted by molar-refractivity contribution is 6.02. The van der Waals surface area contributed by atoms with Crippen molar-refractivity contribution < 1.29 is 13.2 Å². The number of hydrogen-bond acceptors (Lipinski definition) is 5. The van der Waals surface area contributed by atoms with Crippen LogP contribution in [0.5, 0.6) is 0 Å². The highest BCUT2D eigenvalue weighted by Crippen LogP contribution is 2.43. The number of hydrazone groups is 1. The van der Waals surface area contributed by atoms with Crippen molar-refractivity contribution in [1.29, 1.82) is 0 Å². The van der Waals surface area contributed by atoms with Gasteiger partial charge < -0.3 is 9.80 Å². The molecule has 5 nitrogen and oxygen atoms in total. The first-order valence-electron chi connectivity index (χ1n) is 9.58. The summed E-state index contributed by atoms with van der Waals surface area (Å²) in [5, 5.41) is 6.46. The van der Waals surface area contributed by atoms with Gasteiger partial charge in [-0.1, -0.05) is 6.92 Å². The van der Waals surface area contributed by atoms with Crippen molar-refractivity contribution in [2.24, 2.45) is 10.1 Å². The molecule has 1 aromatic rings. The average Bonchev–Trinajstić information content (AvgIpc) is 2.66. The predicted octanol–water partition coefficient (Wildman–Crippen LogP) is 4.16. The number of fused-ring (bicyclic) bond motifs is 3. The first-order valence-corrected chi connectivity index (χ1v) is 9.58. The molecule has 0 amide bonds. The van der Waals surface area contributed by atoms with E-state index in [1.807, 2.05) is 13.8 Å². The number of rotatable bonds is 1. The van der Waals surface area contributed by atoms with Crippen molar-refractivity contribution in [3.8, 4) is 0 Å². The number of alkyl halides is 3. The molecule has 0 radical (unpaired) electrons. The van der Waals surface area contributed by atoms with Crippen LogP contribution < -0.4 is 0 Å². The fraction of sp³-hybridized carbons (Fsp3) is 0.500. The van der Waals surface area contributed by atoms with Crippen LogP contribution in [0.3, 0.4) is 0 Å². The highest BCUT2D eigenvalue weighted by Gasteiger charge is 2.37. The van der Waals surface area contributed by atoms with E-state index in [0.29, 0.717) is 23.6 Å². The minimum absolute atomic E-state index is 0.515. The molecule has 0 unspecified atom stereocenters. The summed E-state index contributed by atoms with van der Waals surface area (Å²) in [6.07, 6.45) is -2.96. The second-order valence-electron chi connectivity index (χ2n) is 7.56. The summed E-state index contributed by atoms with van der Waals surface area (Å²) < 4.78 is 40.0. The summed E-state index contributed by atoms with van der Waals surface area (Å²) >= 11 is 0. The number of nitrogens with zero attached hydrogens (tertiary/aromatic N) is 5. The number of hydrogen-bond donors (Lipinski definition) is 0. The molecule has 1 aromatic carbocycles. The lowest BCUT2D eigenvalue weighted by atomic mass is 9.94. The van der Waals surface area contributed by atoms with E-state index in [2.05, 4.69) is 16.8 Å². The minimum Gasteiger partial charge on any atom is -0.338 e. The van der Waals surface area contributed by atoms with Gasteiger partial charge in [0.05, 0.1) is 16.9 Å². The third-order valence-corrected chi connectivity index (χ3v) is 5.49. The SMILES string of the molecule is CCC1=C2c3cc(C(F)(F)F)ccc3N=C(N3CCN(C)CC3)N2N=C(C)C1. The van der Waals surface area contributed by atoms with Crippen LogP contribution >= 0.6 is 0 Å². The summed E-state index contributed by atoms with van der Waals surface area (Å²) in [7, 11) is 2.08. The van der Waals surface area contributed by atoms with Crippen LogP contribution in [0.4, 0.5) is 18.9 Å². The van der Waals surface area contributed by atoms with Crippen molar-refractivity contribution in [1.82, 2.24) is 14.8 Å². The van der Waals surface area contributed by atoms with E-state index < -0.39 is 11.7 Å². The number of piperazine rings is 1. The Hall–Kier alpha value is -2.35. The molecule has 3 aliphatic heterocycles. The number of aliphatic imine (C=N–C) groups is 1. The molecule has 4 rings (SSSR count). The Bertz CT molecular complexity index is 876. The third kappa shape index (κ3) is 3.30. The van der Waals surface area contributed by atoms with E-state index in [9.17, 15) is 13.2 Å². The molecule has 0 aliphatic carbocycles. The molecule has 0 spiro atoms. The number of likely N-dealkylation sites (N-methyl/N-ethyl adjacent to an activating group) is 1. The van der Waals surface area contributed by atoms with E-state index in [4.69, 9.17) is 10.1 Å². The standard InChI is InChI=1S/C20H24F3N5/c1-4-14-11-13(2)25-28-18(14)16-12-15(20(21,22)23)5-6-17(16)24-19(28)27-9-7-26(3)8-10-27/h5-6,12H,4,7-11H2,1-3H3. The summed E-state index contributed by atoms with van der Waals surface area (Å²) in [6, 6.07) is 3.81. The zero-order chi connectivity index (χ0) is 20.1. The smallest absolute Gasteiger partial charge is 0.338 e. The Morgan fingerprint density at radius 1 is 1.11 bits per heavy atom. The van der Waals surface area contributed by atoms with E-state index in [1.54, 1.807) is 5.01 Å². The van der Waals surface area contributed by atoms with Gasteiger partial charge in [-0.2, -0.15) is 23.3 Å². The van der Waals surface area contributed by atoms with Gasteiger partial charge in [0.15, 0.2) is 0 Å². The predicted molar refractivity (Wildman–Crippen MR) is 104 cm³/mol. The fourth-order valence-corrected chi connectivity index (χ4v) is 3.91. The number of allylic oxidation sites excluding steroid dienone is 1. The number of guanidine groups is 1.